The Hall–Kier alpha value is -1.76. The number of hydrogen-bond donors (Lipinski definition) is 0. The summed E-state index contributed by atoms with van der Waals surface area (Å²) in [6, 6.07) is 12.0. The minimum Gasteiger partial charge on any atom is -0.296 e. The van der Waals surface area contributed by atoms with E-state index < -0.39 is 10.0 Å². The molecule has 1 aromatic carbocycles. The smallest absolute Gasteiger partial charge is 0.244 e. The zero-order chi connectivity index (χ0) is 18.8. The summed E-state index contributed by atoms with van der Waals surface area (Å²) >= 11 is 0. The number of hydrogen-bond acceptors (Lipinski definition) is 4. The molecule has 5 nitrogen and oxygen atoms in total. The van der Waals surface area contributed by atoms with Crippen molar-refractivity contribution in [3.8, 4) is 0 Å². The number of sulfonamides is 1. The van der Waals surface area contributed by atoms with E-state index in [9.17, 15) is 8.42 Å². The number of rotatable bonds is 4. The van der Waals surface area contributed by atoms with Crippen LogP contribution >= 0.6 is 0 Å². The van der Waals surface area contributed by atoms with E-state index >= 15 is 0 Å². The Labute approximate surface area is 156 Å². The number of piperazine rings is 1. The monoisotopic (exact) mass is 373 g/mol. The van der Waals surface area contributed by atoms with Gasteiger partial charge in [0, 0.05) is 45.1 Å². The Bertz CT molecular complexity index is 820. The molecule has 6 heteroatoms. The summed E-state index contributed by atoms with van der Waals surface area (Å²) < 4.78 is 26.9. The first kappa shape index (κ1) is 19.0. The Morgan fingerprint density at radius 3 is 2.19 bits per heavy atom. The Balaban J connectivity index is 1.59. The molecule has 3 rings (SSSR count). The predicted molar refractivity (Wildman–Crippen MR) is 103 cm³/mol. The highest BCUT2D eigenvalue weighted by atomic mass is 32.2. The van der Waals surface area contributed by atoms with Gasteiger partial charge in [-0.05, 0) is 28.7 Å². The SMILES string of the molecule is CC(C)(C)c1ccc(CN2CCN(S(=O)(=O)c3cccnc3)CC2)cc1. The molecule has 0 bridgehead atoms. The van der Waals surface area contributed by atoms with Gasteiger partial charge in [0.1, 0.15) is 4.90 Å². The summed E-state index contributed by atoms with van der Waals surface area (Å²) in [5.41, 5.74) is 2.75. The molecule has 2 aromatic rings. The summed E-state index contributed by atoms with van der Waals surface area (Å²) in [5, 5.41) is 0. The van der Waals surface area contributed by atoms with E-state index in [1.54, 1.807) is 22.6 Å². The third-order valence-corrected chi connectivity index (χ3v) is 6.71. The van der Waals surface area contributed by atoms with E-state index in [0.717, 1.165) is 19.6 Å². The summed E-state index contributed by atoms with van der Waals surface area (Å²) in [6.07, 6.45) is 3.00. The average molecular weight is 374 g/mol. The molecule has 0 atom stereocenters. The van der Waals surface area contributed by atoms with Crippen molar-refractivity contribution >= 4 is 10.0 Å². The maximum Gasteiger partial charge on any atom is 0.244 e. The molecule has 140 valence electrons. The molecule has 0 amide bonds. The van der Waals surface area contributed by atoms with E-state index in [4.69, 9.17) is 0 Å². The molecule has 1 saturated heterocycles. The van der Waals surface area contributed by atoms with Gasteiger partial charge in [-0.25, -0.2) is 8.42 Å². The van der Waals surface area contributed by atoms with Gasteiger partial charge in [0.2, 0.25) is 10.0 Å². The highest BCUT2D eigenvalue weighted by Gasteiger charge is 2.28. The van der Waals surface area contributed by atoms with Crippen LogP contribution in [0, 0.1) is 0 Å². The van der Waals surface area contributed by atoms with Gasteiger partial charge in [-0.2, -0.15) is 4.31 Å². The Morgan fingerprint density at radius 1 is 1.00 bits per heavy atom. The Kier molecular flexibility index (Phi) is 5.46. The minimum absolute atomic E-state index is 0.158. The lowest BCUT2D eigenvalue weighted by Crippen LogP contribution is -2.48. The molecule has 0 radical (unpaired) electrons. The molecule has 1 aliphatic heterocycles. The lowest BCUT2D eigenvalue weighted by atomic mass is 9.87. The van der Waals surface area contributed by atoms with Crippen molar-refractivity contribution in [3.63, 3.8) is 0 Å². The molecular weight excluding hydrogens is 346 g/mol. The van der Waals surface area contributed by atoms with Gasteiger partial charge >= 0.3 is 0 Å². The third kappa shape index (κ3) is 4.31. The van der Waals surface area contributed by atoms with Crippen LogP contribution in [0.25, 0.3) is 0 Å². The van der Waals surface area contributed by atoms with Crippen molar-refractivity contribution in [3.05, 3.63) is 59.9 Å². The third-order valence-electron chi connectivity index (χ3n) is 4.83. The molecule has 0 saturated carbocycles. The summed E-state index contributed by atoms with van der Waals surface area (Å²) in [5.74, 6) is 0. The topological polar surface area (TPSA) is 53.5 Å². The number of nitrogens with zero attached hydrogens (tertiary/aromatic N) is 3. The van der Waals surface area contributed by atoms with Gasteiger partial charge in [-0.15, -0.1) is 0 Å². The number of pyridine rings is 1. The number of benzene rings is 1. The molecule has 0 spiro atoms. The van der Waals surface area contributed by atoms with Crippen LogP contribution < -0.4 is 0 Å². The van der Waals surface area contributed by atoms with Gasteiger partial charge in [0.25, 0.3) is 0 Å². The van der Waals surface area contributed by atoms with Gasteiger partial charge in [0.15, 0.2) is 0 Å². The van der Waals surface area contributed by atoms with Gasteiger partial charge in [-0.3, -0.25) is 9.88 Å². The zero-order valence-corrected chi connectivity index (χ0v) is 16.5. The first-order chi connectivity index (χ1) is 12.3. The first-order valence-electron chi connectivity index (χ1n) is 8.99. The fraction of sp³-hybridized carbons (Fsp3) is 0.450. The normalized spacial score (nSPS) is 17.3. The van der Waals surface area contributed by atoms with E-state index in [1.807, 2.05) is 0 Å². The van der Waals surface area contributed by atoms with Crippen LogP contribution in [0.4, 0.5) is 0 Å². The molecule has 1 fully saturated rings. The van der Waals surface area contributed by atoms with Crippen LogP contribution in [0.5, 0.6) is 0 Å². The van der Waals surface area contributed by atoms with Crippen LogP contribution in [-0.2, 0) is 22.0 Å². The maximum absolute atomic E-state index is 12.7. The first-order valence-corrected chi connectivity index (χ1v) is 10.4. The van der Waals surface area contributed by atoms with Crippen LogP contribution in [0.2, 0.25) is 0 Å². The van der Waals surface area contributed by atoms with Crippen LogP contribution in [0.1, 0.15) is 31.9 Å². The van der Waals surface area contributed by atoms with Gasteiger partial charge in [0.05, 0.1) is 0 Å². The van der Waals surface area contributed by atoms with Crippen molar-refractivity contribution < 1.29 is 8.42 Å². The standard InChI is InChI=1S/C20H27N3O2S/c1-20(2,3)18-8-6-17(7-9-18)16-22-11-13-23(14-12-22)26(24,25)19-5-4-10-21-15-19/h4-10,15H,11-14,16H2,1-3H3. The lowest BCUT2D eigenvalue weighted by Gasteiger charge is -2.34. The van der Waals surface area contributed by atoms with Gasteiger partial charge < -0.3 is 0 Å². The highest BCUT2D eigenvalue weighted by molar-refractivity contribution is 7.89. The Morgan fingerprint density at radius 2 is 1.65 bits per heavy atom. The van der Waals surface area contributed by atoms with Crippen molar-refractivity contribution in [2.75, 3.05) is 26.2 Å². The maximum atomic E-state index is 12.7. The molecule has 1 aliphatic rings. The zero-order valence-electron chi connectivity index (χ0n) is 15.7. The second-order valence-electron chi connectivity index (χ2n) is 7.82. The average Bonchev–Trinajstić information content (AvgIpc) is 2.63. The second-order valence-corrected chi connectivity index (χ2v) is 9.75. The minimum atomic E-state index is -3.44. The molecule has 2 heterocycles. The lowest BCUT2D eigenvalue weighted by molar-refractivity contribution is 0.181. The van der Waals surface area contributed by atoms with Crippen molar-refractivity contribution in [2.45, 2.75) is 37.6 Å². The summed E-state index contributed by atoms with van der Waals surface area (Å²) in [7, 11) is -3.44. The van der Waals surface area contributed by atoms with E-state index in [-0.39, 0.29) is 10.3 Å². The van der Waals surface area contributed by atoms with Crippen LogP contribution in [0.3, 0.4) is 0 Å². The van der Waals surface area contributed by atoms with Crippen molar-refractivity contribution in [1.29, 1.82) is 0 Å². The molecule has 0 N–H and O–H groups in total. The fourth-order valence-electron chi connectivity index (χ4n) is 3.15. The molecule has 0 aliphatic carbocycles. The molecular formula is C20H27N3O2S. The van der Waals surface area contributed by atoms with E-state index in [0.29, 0.717) is 13.1 Å². The van der Waals surface area contributed by atoms with Crippen molar-refractivity contribution in [1.82, 2.24) is 14.2 Å². The highest BCUT2D eigenvalue weighted by Crippen LogP contribution is 2.23. The summed E-state index contributed by atoms with van der Waals surface area (Å²) in [6.45, 7) is 9.98. The number of aromatic nitrogens is 1. The quantitative estimate of drug-likeness (QED) is 0.827. The van der Waals surface area contributed by atoms with E-state index in [1.165, 1.54) is 17.3 Å². The summed E-state index contributed by atoms with van der Waals surface area (Å²) in [4.78, 5) is 6.50. The second kappa shape index (κ2) is 7.47. The molecule has 26 heavy (non-hydrogen) atoms. The largest absolute Gasteiger partial charge is 0.296 e. The van der Waals surface area contributed by atoms with Crippen LogP contribution in [-0.4, -0.2) is 48.8 Å². The van der Waals surface area contributed by atoms with Gasteiger partial charge in [-0.1, -0.05) is 45.0 Å². The predicted octanol–water partition coefficient (Wildman–Crippen LogP) is 2.89. The van der Waals surface area contributed by atoms with E-state index in [2.05, 4.69) is 54.9 Å². The molecule has 0 unspecified atom stereocenters. The van der Waals surface area contributed by atoms with Crippen LogP contribution in [0.15, 0.2) is 53.7 Å². The fourth-order valence-corrected chi connectivity index (χ4v) is 4.53. The molecule has 1 aromatic heterocycles. The van der Waals surface area contributed by atoms with Crippen molar-refractivity contribution in [2.24, 2.45) is 0 Å².